The number of ether oxygens (including phenoxy) is 3. The van der Waals surface area contributed by atoms with Crippen LogP contribution in [0.15, 0.2) is 42.5 Å². The van der Waals surface area contributed by atoms with Crippen molar-refractivity contribution in [1.82, 2.24) is 0 Å². The maximum absolute atomic E-state index is 12.2. The van der Waals surface area contributed by atoms with Gasteiger partial charge >= 0.3 is 5.97 Å². The quantitative estimate of drug-likeness (QED) is 0.546. The molecule has 3 rings (SSSR count). The topological polar surface area (TPSA) is 85.2 Å². The van der Waals surface area contributed by atoms with Crippen molar-refractivity contribution in [2.24, 2.45) is 11.3 Å². The standard InChI is InChI=1S/C27H35ClO6/c1-6-32-20-10-7-17(8-11-20)13-19-14-18(9-12-21(19)28)25-24(30)16(2)23(29)22(34-25)15-33-26(31)27(3,4)5/h7-12,14,16,22-25,29-30H,6,13,15H2,1-5H3. The first-order valence-corrected chi connectivity index (χ1v) is 12.1. The molecule has 5 unspecified atom stereocenters. The van der Waals surface area contributed by atoms with Crippen molar-refractivity contribution in [1.29, 1.82) is 0 Å². The molecule has 0 radical (unpaired) electrons. The number of halogens is 1. The zero-order chi connectivity index (χ0) is 25.0. The van der Waals surface area contributed by atoms with Gasteiger partial charge in [-0.2, -0.15) is 0 Å². The zero-order valence-corrected chi connectivity index (χ0v) is 21.2. The second-order valence-corrected chi connectivity index (χ2v) is 10.3. The number of rotatable bonds is 7. The van der Waals surface area contributed by atoms with Crippen molar-refractivity contribution in [2.45, 2.75) is 65.5 Å². The summed E-state index contributed by atoms with van der Waals surface area (Å²) in [4.78, 5) is 12.2. The summed E-state index contributed by atoms with van der Waals surface area (Å²) in [6.45, 7) is 9.53. The van der Waals surface area contributed by atoms with Crippen LogP contribution >= 0.6 is 11.6 Å². The number of carbonyl (C=O) groups is 1. The first kappa shape index (κ1) is 26.5. The average Bonchev–Trinajstić information content (AvgIpc) is 2.79. The Balaban J connectivity index is 1.78. The molecule has 0 saturated carbocycles. The van der Waals surface area contributed by atoms with Gasteiger partial charge in [-0.05, 0) is 69.0 Å². The molecule has 1 fully saturated rings. The summed E-state index contributed by atoms with van der Waals surface area (Å²) in [5.41, 5.74) is 2.07. The molecule has 2 aromatic rings. The normalized spacial score (nSPS) is 25.1. The molecule has 1 heterocycles. The SMILES string of the molecule is CCOc1ccc(Cc2cc(C3OC(COC(=O)C(C)(C)C)C(O)C(C)C3O)ccc2Cl)cc1. The van der Waals surface area contributed by atoms with Crippen LogP contribution in [0.5, 0.6) is 5.75 Å². The molecule has 1 aliphatic heterocycles. The van der Waals surface area contributed by atoms with Gasteiger partial charge in [0.05, 0.1) is 24.2 Å². The lowest BCUT2D eigenvalue weighted by molar-refractivity contribution is -0.214. The highest BCUT2D eigenvalue weighted by Crippen LogP contribution is 2.37. The fraction of sp³-hybridized carbons (Fsp3) is 0.519. The van der Waals surface area contributed by atoms with Crippen LogP contribution in [-0.2, 0) is 20.7 Å². The number of aliphatic hydroxyl groups is 2. The van der Waals surface area contributed by atoms with E-state index in [0.29, 0.717) is 18.1 Å². The third kappa shape index (κ3) is 6.30. The number of aliphatic hydroxyl groups excluding tert-OH is 2. The second-order valence-electron chi connectivity index (χ2n) is 9.89. The molecule has 7 heteroatoms. The van der Waals surface area contributed by atoms with Gasteiger partial charge in [-0.15, -0.1) is 0 Å². The van der Waals surface area contributed by atoms with Crippen LogP contribution in [0.3, 0.4) is 0 Å². The van der Waals surface area contributed by atoms with Crippen LogP contribution in [-0.4, -0.2) is 47.7 Å². The van der Waals surface area contributed by atoms with E-state index < -0.39 is 35.7 Å². The van der Waals surface area contributed by atoms with Crippen molar-refractivity contribution in [2.75, 3.05) is 13.2 Å². The largest absolute Gasteiger partial charge is 0.494 e. The molecule has 1 saturated heterocycles. The molecular weight excluding hydrogens is 456 g/mol. The Bertz CT molecular complexity index is 968. The van der Waals surface area contributed by atoms with Crippen molar-refractivity contribution in [3.63, 3.8) is 0 Å². The molecule has 5 atom stereocenters. The summed E-state index contributed by atoms with van der Waals surface area (Å²) in [7, 11) is 0. The van der Waals surface area contributed by atoms with Gasteiger partial charge in [0.2, 0.25) is 0 Å². The number of hydrogen-bond acceptors (Lipinski definition) is 6. The van der Waals surface area contributed by atoms with E-state index in [0.717, 1.165) is 22.4 Å². The Hall–Kier alpha value is -2.12. The Morgan fingerprint density at radius 1 is 1.09 bits per heavy atom. The van der Waals surface area contributed by atoms with Crippen LogP contribution < -0.4 is 4.74 Å². The van der Waals surface area contributed by atoms with E-state index in [-0.39, 0.29) is 12.6 Å². The smallest absolute Gasteiger partial charge is 0.311 e. The van der Waals surface area contributed by atoms with Crippen molar-refractivity contribution < 1.29 is 29.2 Å². The molecule has 34 heavy (non-hydrogen) atoms. The Morgan fingerprint density at radius 2 is 1.76 bits per heavy atom. The molecule has 186 valence electrons. The first-order chi connectivity index (χ1) is 16.0. The Labute approximate surface area is 206 Å². The van der Waals surface area contributed by atoms with Crippen LogP contribution in [0.4, 0.5) is 0 Å². The number of hydrogen-bond donors (Lipinski definition) is 2. The highest BCUT2D eigenvalue weighted by atomic mass is 35.5. The van der Waals surface area contributed by atoms with Crippen LogP contribution in [0, 0.1) is 11.3 Å². The average molecular weight is 491 g/mol. The molecule has 0 bridgehead atoms. The van der Waals surface area contributed by atoms with Crippen LogP contribution in [0.25, 0.3) is 0 Å². The van der Waals surface area contributed by atoms with Crippen molar-refractivity contribution >= 4 is 17.6 Å². The lowest BCUT2D eigenvalue weighted by Crippen LogP contribution is -2.51. The highest BCUT2D eigenvalue weighted by molar-refractivity contribution is 6.31. The molecule has 0 amide bonds. The third-order valence-electron chi connectivity index (χ3n) is 6.11. The summed E-state index contributed by atoms with van der Waals surface area (Å²) in [6.07, 6.45) is -2.72. The molecule has 0 aliphatic carbocycles. The van der Waals surface area contributed by atoms with E-state index in [2.05, 4.69) is 0 Å². The minimum Gasteiger partial charge on any atom is -0.494 e. The van der Waals surface area contributed by atoms with Gasteiger partial charge in [0.15, 0.2) is 0 Å². The van der Waals surface area contributed by atoms with E-state index in [9.17, 15) is 15.0 Å². The van der Waals surface area contributed by atoms with Gasteiger partial charge in [0.1, 0.15) is 24.6 Å². The lowest BCUT2D eigenvalue weighted by Gasteiger charge is -2.42. The van der Waals surface area contributed by atoms with Gasteiger partial charge in [0, 0.05) is 10.9 Å². The predicted octanol–water partition coefficient (Wildman–Crippen LogP) is 4.72. The van der Waals surface area contributed by atoms with Crippen LogP contribution in [0.1, 0.15) is 57.4 Å². The third-order valence-corrected chi connectivity index (χ3v) is 6.48. The molecule has 0 spiro atoms. The zero-order valence-electron chi connectivity index (χ0n) is 20.5. The molecule has 2 N–H and O–H groups in total. The van der Waals surface area contributed by atoms with E-state index >= 15 is 0 Å². The second kappa shape index (κ2) is 11.1. The van der Waals surface area contributed by atoms with Gasteiger partial charge in [-0.1, -0.05) is 42.8 Å². The highest BCUT2D eigenvalue weighted by Gasteiger charge is 2.43. The van der Waals surface area contributed by atoms with E-state index in [1.807, 2.05) is 43.3 Å². The van der Waals surface area contributed by atoms with E-state index in [1.165, 1.54) is 0 Å². The summed E-state index contributed by atoms with van der Waals surface area (Å²) < 4.78 is 17.0. The molecule has 2 aromatic carbocycles. The summed E-state index contributed by atoms with van der Waals surface area (Å²) >= 11 is 6.48. The first-order valence-electron chi connectivity index (χ1n) is 11.7. The lowest BCUT2D eigenvalue weighted by atomic mass is 9.84. The molecular formula is C27H35ClO6. The van der Waals surface area contributed by atoms with Crippen molar-refractivity contribution in [3.05, 3.63) is 64.2 Å². The van der Waals surface area contributed by atoms with Gasteiger partial charge < -0.3 is 24.4 Å². The predicted molar refractivity (Wildman–Crippen MR) is 131 cm³/mol. The summed E-state index contributed by atoms with van der Waals surface area (Å²) in [6, 6.07) is 13.4. The van der Waals surface area contributed by atoms with Gasteiger partial charge in [-0.3, -0.25) is 4.79 Å². The number of benzene rings is 2. The molecule has 6 nitrogen and oxygen atoms in total. The number of carbonyl (C=O) groups excluding carboxylic acids is 1. The fourth-order valence-electron chi connectivity index (χ4n) is 3.95. The molecule has 0 aromatic heterocycles. The monoisotopic (exact) mass is 490 g/mol. The summed E-state index contributed by atoms with van der Waals surface area (Å²) in [5, 5.41) is 22.1. The fourth-order valence-corrected chi connectivity index (χ4v) is 4.14. The summed E-state index contributed by atoms with van der Waals surface area (Å²) in [5.74, 6) is -0.0272. The Kier molecular flexibility index (Phi) is 8.63. The minimum atomic E-state index is -0.963. The van der Waals surface area contributed by atoms with Crippen LogP contribution in [0.2, 0.25) is 5.02 Å². The van der Waals surface area contributed by atoms with Gasteiger partial charge in [0.25, 0.3) is 0 Å². The molecule has 1 aliphatic rings. The number of esters is 1. The van der Waals surface area contributed by atoms with E-state index in [4.69, 9.17) is 25.8 Å². The van der Waals surface area contributed by atoms with Crippen molar-refractivity contribution in [3.8, 4) is 5.75 Å². The minimum absolute atomic E-state index is 0.0859. The van der Waals surface area contributed by atoms with E-state index in [1.54, 1.807) is 33.8 Å². The Morgan fingerprint density at radius 3 is 2.38 bits per heavy atom. The van der Waals surface area contributed by atoms with Gasteiger partial charge in [-0.25, -0.2) is 0 Å². The maximum atomic E-state index is 12.2. The maximum Gasteiger partial charge on any atom is 0.311 e.